The van der Waals surface area contributed by atoms with E-state index >= 15 is 0 Å². The second-order valence-electron chi connectivity index (χ2n) is 5.73. The molecule has 0 amide bonds. The highest BCUT2D eigenvalue weighted by molar-refractivity contribution is 5.90. The molecule has 1 aliphatic rings. The summed E-state index contributed by atoms with van der Waals surface area (Å²) in [4.78, 5) is 11.7. The van der Waals surface area contributed by atoms with E-state index in [1.807, 2.05) is 12.1 Å². The van der Waals surface area contributed by atoms with Crippen LogP contribution in [-0.4, -0.2) is 18.7 Å². The summed E-state index contributed by atoms with van der Waals surface area (Å²) in [6, 6.07) is 11.8. The maximum Gasteiger partial charge on any atom is 0.338 e. The first-order chi connectivity index (χ1) is 10.6. The van der Waals surface area contributed by atoms with E-state index in [2.05, 4.69) is 26.0 Å². The molecule has 114 valence electrons. The van der Waals surface area contributed by atoms with Crippen molar-refractivity contribution in [2.45, 2.75) is 33.3 Å². The summed E-state index contributed by atoms with van der Waals surface area (Å²) >= 11 is 0. The Balaban J connectivity index is 1.97. The van der Waals surface area contributed by atoms with E-state index in [0.717, 1.165) is 23.3 Å². The lowest BCUT2D eigenvalue weighted by Gasteiger charge is -2.11. The van der Waals surface area contributed by atoms with Crippen molar-refractivity contribution in [2.75, 3.05) is 6.61 Å². The van der Waals surface area contributed by atoms with E-state index in [9.17, 15) is 4.79 Å². The van der Waals surface area contributed by atoms with Crippen molar-refractivity contribution in [3.8, 4) is 16.9 Å². The van der Waals surface area contributed by atoms with Crippen molar-refractivity contribution in [1.82, 2.24) is 0 Å². The molecule has 1 heterocycles. The number of carbonyl (C=O) groups excluding carboxylic acids is 1. The maximum absolute atomic E-state index is 11.7. The van der Waals surface area contributed by atoms with Gasteiger partial charge in [-0.2, -0.15) is 0 Å². The standard InChI is InChI=1S/C19H20O3/c1-4-21-19(20)15-7-5-14(6-8-15)17-10-12(2)9-16-11-13(3)22-18(16)17/h5-10,13H,4,11H2,1-3H3. The van der Waals surface area contributed by atoms with Gasteiger partial charge in [-0.1, -0.05) is 18.2 Å². The van der Waals surface area contributed by atoms with Gasteiger partial charge in [0.2, 0.25) is 0 Å². The number of fused-ring (bicyclic) bond motifs is 1. The molecular weight excluding hydrogens is 276 g/mol. The summed E-state index contributed by atoms with van der Waals surface area (Å²) in [6.45, 7) is 6.38. The minimum atomic E-state index is -0.284. The Bertz CT molecular complexity index is 701. The molecule has 0 bridgehead atoms. The highest BCUT2D eigenvalue weighted by Crippen LogP contribution is 2.39. The third-order valence-electron chi connectivity index (χ3n) is 3.84. The van der Waals surface area contributed by atoms with E-state index in [4.69, 9.17) is 9.47 Å². The van der Waals surface area contributed by atoms with Crippen LogP contribution in [0.2, 0.25) is 0 Å². The first-order valence-corrected chi connectivity index (χ1v) is 7.66. The van der Waals surface area contributed by atoms with Gasteiger partial charge in [-0.15, -0.1) is 0 Å². The normalized spacial score (nSPS) is 16.0. The van der Waals surface area contributed by atoms with Gasteiger partial charge in [0.05, 0.1) is 12.2 Å². The summed E-state index contributed by atoms with van der Waals surface area (Å²) in [5, 5.41) is 0. The van der Waals surface area contributed by atoms with Crippen LogP contribution in [0.15, 0.2) is 36.4 Å². The van der Waals surface area contributed by atoms with Crippen LogP contribution in [-0.2, 0) is 11.2 Å². The molecule has 0 saturated carbocycles. The largest absolute Gasteiger partial charge is 0.489 e. The van der Waals surface area contributed by atoms with Gasteiger partial charge in [-0.25, -0.2) is 4.79 Å². The SMILES string of the molecule is CCOC(=O)c1ccc(-c2cc(C)cc3c2OC(C)C3)cc1. The molecule has 0 aliphatic carbocycles. The summed E-state index contributed by atoms with van der Waals surface area (Å²) in [5.74, 6) is 0.690. The number of hydrogen-bond donors (Lipinski definition) is 0. The maximum atomic E-state index is 11.7. The zero-order valence-corrected chi connectivity index (χ0v) is 13.2. The summed E-state index contributed by atoms with van der Waals surface area (Å²) in [5.41, 5.74) is 5.21. The highest BCUT2D eigenvalue weighted by Gasteiger charge is 2.23. The smallest absolute Gasteiger partial charge is 0.338 e. The first-order valence-electron chi connectivity index (χ1n) is 7.66. The van der Waals surface area contributed by atoms with Crippen molar-refractivity contribution in [3.05, 3.63) is 53.1 Å². The van der Waals surface area contributed by atoms with Gasteiger partial charge in [0.15, 0.2) is 0 Å². The van der Waals surface area contributed by atoms with Crippen LogP contribution in [0.3, 0.4) is 0 Å². The number of ether oxygens (including phenoxy) is 2. The monoisotopic (exact) mass is 296 g/mol. The second kappa shape index (κ2) is 5.84. The molecule has 0 aromatic heterocycles. The van der Waals surface area contributed by atoms with Gasteiger partial charge in [0.25, 0.3) is 0 Å². The molecule has 1 aliphatic heterocycles. The van der Waals surface area contributed by atoms with Crippen LogP contribution >= 0.6 is 0 Å². The molecule has 0 N–H and O–H groups in total. The van der Waals surface area contributed by atoms with E-state index in [0.29, 0.717) is 12.2 Å². The van der Waals surface area contributed by atoms with Crippen molar-refractivity contribution < 1.29 is 14.3 Å². The predicted octanol–water partition coefficient (Wildman–Crippen LogP) is 4.16. The summed E-state index contributed by atoms with van der Waals surface area (Å²) in [6.07, 6.45) is 1.17. The van der Waals surface area contributed by atoms with Crippen LogP contribution in [0.25, 0.3) is 11.1 Å². The fourth-order valence-electron chi connectivity index (χ4n) is 2.91. The van der Waals surface area contributed by atoms with Crippen LogP contribution in [0.5, 0.6) is 5.75 Å². The number of aryl methyl sites for hydroxylation is 1. The topological polar surface area (TPSA) is 35.5 Å². The van der Waals surface area contributed by atoms with E-state index in [-0.39, 0.29) is 12.1 Å². The number of esters is 1. The molecule has 3 nitrogen and oxygen atoms in total. The summed E-state index contributed by atoms with van der Waals surface area (Å²) < 4.78 is 11.0. The number of benzene rings is 2. The lowest BCUT2D eigenvalue weighted by atomic mass is 9.97. The summed E-state index contributed by atoms with van der Waals surface area (Å²) in [7, 11) is 0. The number of carbonyl (C=O) groups is 1. The van der Waals surface area contributed by atoms with Gasteiger partial charge in [0, 0.05) is 12.0 Å². The van der Waals surface area contributed by atoms with Gasteiger partial charge in [-0.3, -0.25) is 0 Å². The highest BCUT2D eigenvalue weighted by atomic mass is 16.5. The number of hydrogen-bond acceptors (Lipinski definition) is 3. The lowest BCUT2D eigenvalue weighted by molar-refractivity contribution is 0.0526. The molecule has 0 spiro atoms. The molecule has 0 radical (unpaired) electrons. The van der Waals surface area contributed by atoms with Crippen LogP contribution < -0.4 is 4.74 Å². The molecule has 2 aromatic carbocycles. The Labute approximate surface area is 130 Å². The quantitative estimate of drug-likeness (QED) is 0.798. The molecule has 3 rings (SSSR count). The predicted molar refractivity (Wildman–Crippen MR) is 86.4 cm³/mol. The molecule has 22 heavy (non-hydrogen) atoms. The van der Waals surface area contributed by atoms with Crippen LogP contribution in [0, 0.1) is 6.92 Å². The minimum absolute atomic E-state index is 0.217. The Hall–Kier alpha value is -2.29. The Morgan fingerprint density at radius 2 is 2.00 bits per heavy atom. The van der Waals surface area contributed by atoms with Gasteiger partial charge in [0.1, 0.15) is 11.9 Å². The lowest BCUT2D eigenvalue weighted by Crippen LogP contribution is -2.05. The van der Waals surface area contributed by atoms with Crippen LogP contribution in [0.4, 0.5) is 0 Å². The molecule has 2 aromatic rings. The van der Waals surface area contributed by atoms with Gasteiger partial charge >= 0.3 is 5.97 Å². The van der Waals surface area contributed by atoms with Crippen molar-refractivity contribution in [2.24, 2.45) is 0 Å². The zero-order valence-electron chi connectivity index (χ0n) is 13.2. The van der Waals surface area contributed by atoms with Crippen molar-refractivity contribution in [1.29, 1.82) is 0 Å². The third kappa shape index (κ3) is 2.71. The zero-order chi connectivity index (χ0) is 15.7. The average Bonchev–Trinajstić information content (AvgIpc) is 2.87. The van der Waals surface area contributed by atoms with E-state index < -0.39 is 0 Å². The van der Waals surface area contributed by atoms with E-state index in [1.54, 1.807) is 19.1 Å². The van der Waals surface area contributed by atoms with Crippen molar-refractivity contribution >= 4 is 5.97 Å². The first kappa shape index (κ1) is 14.6. The third-order valence-corrected chi connectivity index (χ3v) is 3.84. The van der Waals surface area contributed by atoms with Gasteiger partial charge in [-0.05, 0) is 55.7 Å². The molecule has 0 fully saturated rings. The van der Waals surface area contributed by atoms with Crippen molar-refractivity contribution in [3.63, 3.8) is 0 Å². The molecular formula is C19H20O3. The second-order valence-corrected chi connectivity index (χ2v) is 5.73. The molecule has 1 atom stereocenters. The average molecular weight is 296 g/mol. The van der Waals surface area contributed by atoms with E-state index in [1.165, 1.54) is 11.1 Å². The Morgan fingerprint density at radius 1 is 1.27 bits per heavy atom. The fourth-order valence-corrected chi connectivity index (χ4v) is 2.91. The fraction of sp³-hybridized carbons (Fsp3) is 0.316. The Kier molecular flexibility index (Phi) is 3.88. The van der Waals surface area contributed by atoms with Gasteiger partial charge < -0.3 is 9.47 Å². The molecule has 3 heteroatoms. The van der Waals surface area contributed by atoms with Crippen LogP contribution in [0.1, 0.15) is 35.3 Å². The molecule has 0 saturated heterocycles. The minimum Gasteiger partial charge on any atom is -0.489 e. The number of rotatable bonds is 3. The molecule has 1 unspecified atom stereocenters. The Morgan fingerprint density at radius 3 is 2.68 bits per heavy atom.